The number of carbonyl (C=O) groups excluding carboxylic acids is 2. The van der Waals surface area contributed by atoms with E-state index in [4.69, 9.17) is 4.42 Å². The summed E-state index contributed by atoms with van der Waals surface area (Å²) in [4.78, 5) is 27.7. The fourth-order valence-corrected chi connectivity index (χ4v) is 1.98. The highest BCUT2D eigenvalue weighted by Crippen LogP contribution is 2.08. The van der Waals surface area contributed by atoms with Crippen molar-refractivity contribution in [2.24, 2.45) is 0 Å². The van der Waals surface area contributed by atoms with Crippen LogP contribution in [0.25, 0.3) is 11.9 Å². The smallest absolute Gasteiger partial charge is 0.244 e. The van der Waals surface area contributed by atoms with Crippen molar-refractivity contribution in [1.82, 2.24) is 20.1 Å². The topological polar surface area (TPSA) is 102 Å². The van der Waals surface area contributed by atoms with Gasteiger partial charge in [0.15, 0.2) is 5.82 Å². The highest BCUT2D eigenvalue weighted by molar-refractivity contribution is 5.97. The van der Waals surface area contributed by atoms with Crippen molar-refractivity contribution in [2.45, 2.75) is 0 Å². The van der Waals surface area contributed by atoms with Crippen LogP contribution < -0.4 is 10.6 Å². The Kier molecular flexibility index (Phi) is 5.01. The lowest BCUT2D eigenvalue weighted by atomic mass is 10.3. The van der Waals surface area contributed by atoms with Crippen LogP contribution in [0, 0.1) is 0 Å². The third-order valence-corrected chi connectivity index (χ3v) is 3.14. The number of pyridine rings is 1. The first-order valence-electron chi connectivity index (χ1n) is 7.46. The molecule has 3 aromatic heterocycles. The van der Waals surface area contributed by atoms with E-state index in [1.165, 1.54) is 24.6 Å². The number of carbonyl (C=O) groups is 2. The average Bonchev–Trinajstić information content (AvgIpc) is 3.32. The monoisotopic (exact) mass is 337 g/mol. The zero-order valence-electron chi connectivity index (χ0n) is 13.1. The van der Waals surface area contributed by atoms with E-state index < -0.39 is 5.91 Å². The number of aromatic nitrogens is 3. The van der Waals surface area contributed by atoms with Crippen molar-refractivity contribution in [3.63, 3.8) is 0 Å². The lowest BCUT2D eigenvalue weighted by Crippen LogP contribution is -2.31. The Morgan fingerprint density at radius 3 is 2.84 bits per heavy atom. The molecule has 0 atom stereocenters. The second kappa shape index (κ2) is 7.73. The van der Waals surface area contributed by atoms with E-state index in [0.717, 1.165) is 0 Å². The van der Waals surface area contributed by atoms with Crippen molar-refractivity contribution >= 4 is 23.6 Å². The van der Waals surface area contributed by atoms with Gasteiger partial charge < -0.3 is 15.1 Å². The standard InChI is InChI=1S/C17H15N5O3/c23-16(7-5-14-3-1-10-25-14)19-12-17(24)21-13-4-6-15(18-11-13)22-9-2-8-20-22/h1-11H,12H2,(H,19,23)(H,21,24)/b7-5-. The number of hydrogen-bond acceptors (Lipinski definition) is 5. The zero-order chi connectivity index (χ0) is 17.5. The van der Waals surface area contributed by atoms with Crippen LogP contribution in [0.1, 0.15) is 5.76 Å². The van der Waals surface area contributed by atoms with Gasteiger partial charge in [0.25, 0.3) is 0 Å². The Labute approximate surface area is 143 Å². The number of anilines is 1. The molecule has 0 saturated heterocycles. The van der Waals surface area contributed by atoms with Gasteiger partial charge in [0.2, 0.25) is 11.8 Å². The molecule has 3 aromatic rings. The molecule has 8 heteroatoms. The van der Waals surface area contributed by atoms with Gasteiger partial charge in [0.05, 0.1) is 24.7 Å². The van der Waals surface area contributed by atoms with Crippen LogP contribution in [-0.4, -0.2) is 33.1 Å². The molecule has 0 fully saturated rings. The molecule has 0 aliphatic rings. The van der Waals surface area contributed by atoms with Crippen molar-refractivity contribution in [3.05, 3.63) is 67.0 Å². The highest BCUT2D eigenvalue weighted by Gasteiger charge is 2.05. The highest BCUT2D eigenvalue weighted by atomic mass is 16.3. The zero-order valence-corrected chi connectivity index (χ0v) is 13.1. The molecule has 2 amide bonds. The lowest BCUT2D eigenvalue weighted by molar-refractivity contribution is -0.121. The Bertz CT molecular complexity index is 852. The van der Waals surface area contributed by atoms with Gasteiger partial charge in [-0.3, -0.25) is 9.59 Å². The quantitative estimate of drug-likeness (QED) is 0.666. The summed E-state index contributed by atoms with van der Waals surface area (Å²) in [5.41, 5.74) is 0.529. The SMILES string of the molecule is O=C(/C=C\c1ccco1)NCC(=O)Nc1ccc(-n2cccn2)nc1. The fraction of sp³-hybridized carbons (Fsp3) is 0.0588. The molecule has 0 unspecified atom stereocenters. The van der Waals surface area contributed by atoms with Crippen molar-refractivity contribution in [2.75, 3.05) is 11.9 Å². The summed E-state index contributed by atoms with van der Waals surface area (Å²) in [7, 11) is 0. The number of nitrogens with zero attached hydrogens (tertiary/aromatic N) is 3. The summed E-state index contributed by atoms with van der Waals surface area (Å²) in [5.74, 6) is 0.453. The van der Waals surface area contributed by atoms with E-state index >= 15 is 0 Å². The first-order chi connectivity index (χ1) is 12.2. The third kappa shape index (κ3) is 4.64. The van der Waals surface area contributed by atoms with E-state index in [2.05, 4.69) is 20.7 Å². The predicted molar refractivity (Wildman–Crippen MR) is 90.7 cm³/mol. The van der Waals surface area contributed by atoms with E-state index in [1.807, 2.05) is 0 Å². The number of nitrogens with one attached hydrogen (secondary N) is 2. The van der Waals surface area contributed by atoms with Crippen LogP contribution >= 0.6 is 0 Å². The molecule has 25 heavy (non-hydrogen) atoms. The van der Waals surface area contributed by atoms with Crippen LogP contribution in [0.15, 0.2) is 65.7 Å². The summed E-state index contributed by atoms with van der Waals surface area (Å²) < 4.78 is 6.67. The molecule has 0 aliphatic carbocycles. The minimum Gasteiger partial charge on any atom is -0.465 e. The summed E-state index contributed by atoms with van der Waals surface area (Å²) in [6, 6.07) is 8.67. The number of hydrogen-bond donors (Lipinski definition) is 2. The molecule has 3 rings (SSSR count). The molecule has 0 saturated carbocycles. The predicted octanol–water partition coefficient (Wildman–Crippen LogP) is 1.63. The van der Waals surface area contributed by atoms with E-state index in [1.54, 1.807) is 47.4 Å². The first-order valence-corrected chi connectivity index (χ1v) is 7.46. The molecule has 0 spiro atoms. The van der Waals surface area contributed by atoms with Crippen molar-refractivity contribution < 1.29 is 14.0 Å². The normalized spacial score (nSPS) is 10.7. The van der Waals surface area contributed by atoms with Gasteiger partial charge in [-0.2, -0.15) is 5.10 Å². The molecule has 0 aliphatic heterocycles. The molecule has 3 heterocycles. The largest absolute Gasteiger partial charge is 0.465 e. The van der Waals surface area contributed by atoms with E-state index in [0.29, 0.717) is 17.3 Å². The maximum absolute atomic E-state index is 11.8. The second-order valence-electron chi connectivity index (χ2n) is 4.97. The molecule has 2 N–H and O–H groups in total. The molecule has 126 valence electrons. The molecule has 0 radical (unpaired) electrons. The summed E-state index contributed by atoms with van der Waals surface area (Å²) >= 11 is 0. The molecular weight excluding hydrogens is 322 g/mol. The van der Waals surface area contributed by atoms with Crippen LogP contribution in [0.5, 0.6) is 0 Å². The van der Waals surface area contributed by atoms with E-state index in [9.17, 15) is 9.59 Å². The molecule has 0 aromatic carbocycles. The maximum Gasteiger partial charge on any atom is 0.244 e. The van der Waals surface area contributed by atoms with Gasteiger partial charge in [-0.25, -0.2) is 9.67 Å². The van der Waals surface area contributed by atoms with Gasteiger partial charge in [-0.05, 0) is 36.4 Å². The number of amides is 2. The Hall–Kier alpha value is -3.68. The van der Waals surface area contributed by atoms with Gasteiger partial charge in [-0.15, -0.1) is 0 Å². The van der Waals surface area contributed by atoms with Crippen molar-refractivity contribution in [1.29, 1.82) is 0 Å². The minimum atomic E-state index is -0.390. The van der Waals surface area contributed by atoms with Crippen LogP contribution in [0.2, 0.25) is 0 Å². The fourth-order valence-electron chi connectivity index (χ4n) is 1.98. The van der Waals surface area contributed by atoms with Crippen molar-refractivity contribution in [3.8, 4) is 5.82 Å². The van der Waals surface area contributed by atoms with Crippen LogP contribution in [0.4, 0.5) is 5.69 Å². The van der Waals surface area contributed by atoms with Crippen LogP contribution in [-0.2, 0) is 9.59 Å². The summed E-state index contributed by atoms with van der Waals surface area (Å²) in [6.45, 7) is -0.151. The summed E-state index contributed by atoms with van der Waals surface area (Å²) in [5, 5.41) is 9.20. The summed E-state index contributed by atoms with van der Waals surface area (Å²) in [6.07, 6.45) is 9.27. The Morgan fingerprint density at radius 1 is 1.24 bits per heavy atom. The van der Waals surface area contributed by atoms with Gasteiger partial charge in [0.1, 0.15) is 5.76 Å². The molecule has 8 nitrogen and oxygen atoms in total. The third-order valence-electron chi connectivity index (χ3n) is 3.14. The molecular formula is C17H15N5O3. The number of rotatable bonds is 6. The number of furan rings is 1. The Morgan fingerprint density at radius 2 is 2.16 bits per heavy atom. The van der Waals surface area contributed by atoms with Gasteiger partial charge in [0, 0.05) is 18.5 Å². The van der Waals surface area contributed by atoms with Gasteiger partial charge >= 0.3 is 0 Å². The first kappa shape index (κ1) is 16.2. The minimum absolute atomic E-state index is 0.151. The lowest BCUT2D eigenvalue weighted by Gasteiger charge is -2.06. The van der Waals surface area contributed by atoms with Crippen LogP contribution in [0.3, 0.4) is 0 Å². The average molecular weight is 337 g/mol. The maximum atomic E-state index is 11.8. The molecule has 0 bridgehead atoms. The second-order valence-corrected chi connectivity index (χ2v) is 4.97. The van der Waals surface area contributed by atoms with E-state index in [-0.39, 0.29) is 12.5 Å². The van der Waals surface area contributed by atoms with Gasteiger partial charge in [-0.1, -0.05) is 0 Å². The Balaban J connectivity index is 1.46.